The van der Waals surface area contributed by atoms with Crippen LogP contribution in [0.25, 0.3) is 6.08 Å². The van der Waals surface area contributed by atoms with Crippen LogP contribution in [-0.4, -0.2) is 22.0 Å². The monoisotopic (exact) mass is 325 g/mol. The summed E-state index contributed by atoms with van der Waals surface area (Å²) in [6.07, 6.45) is 1.20. The Labute approximate surface area is 135 Å². The molecule has 2 aromatic rings. The van der Waals surface area contributed by atoms with Crippen molar-refractivity contribution in [3.8, 4) is 5.75 Å². The van der Waals surface area contributed by atoms with Crippen molar-refractivity contribution >= 4 is 29.4 Å². The second kappa shape index (κ2) is 5.84. The number of urea groups is 1. The zero-order valence-corrected chi connectivity index (χ0v) is 12.2. The van der Waals surface area contributed by atoms with Gasteiger partial charge in [0, 0.05) is 11.6 Å². The van der Waals surface area contributed by atoms with Crippen LogP contribution in [0.15, 0.2) is 54.2 Å². The minimum absolute atomic E-state index is 0.0581. The van der Waals surface area contributed by atoms with Crippen molar-refractivity contribution in [2.45, 2.75) is 0 Å². The second-order valence-electron chi connectivity index (χ2n) is 4.94. The molecule has 8 nitrogen and oxygen atoms in total. The lowest BCUT2D eigenvalue weighted by molar-refractivity contribution is -0.385. The summed E-state index contributed by atoms with van der Waals surface area (Å²) in [7, 11) is 0. The zero-order chi connectivity index (χ0) is 17.3. The topological polar surface area (TPSA) is 113 Å². The van der Waals surface area contributed by atoms with Crippen LogP contribution in [0.3, 0.4) is 0 Å². The number of phenolic OH excluding ortho intramolecular Hbond substituents is 1. The highest BCUT2D eigenvalue weighted by molar-refractivity contribution is 6.28. The summed E-state index contributed by atoms with van der Waals surface area (Å²) in [6, 6.07) is 11.6. The first-order valence-corrected chi connectivity index (χ1v) is 6.87. The number of anilines is 1. The average Bonchev–Trinajstić information content (AvgIpc) is 2.84. The number of rotatable bonds is 3. The number of carbonyl (C=O) groups excluding carboxylic acids is 2. The fourth-order valence-corrected chi connectivity index (χ4v) is 2.31. The summed E-state index contributed by atoms with van der Waals surface area (Å²) in [5, 5.41) is 23.2. The highest BCUT2D eigenvalue weighted by atomic mass is 16.6. The number of phenols is 1. The lowest BCUT2D eigenvalue weighted by Crippen LogP contribution is -2.30. The second-order valence-corrected chi connectivity index (χ2v) is 4.94. The minimum atomic E-state index is -0.733. The van der Waals surface area contributed by atoms with Crippen LogP contribution in [0.1, 0.15) is 5.56 Å². The molecular weight excluding hydrogens is 314 g/mol. The van der Waals surface area contributed by atoms with Gasteiger partial charge in [0.1, 0.15) is 5.70 Å². The Kier molecular flexibility index (Phi) is 3.70. The number of hydrogen-bond acceptors (Lipinski definition) is 5. The van der Waals surface area contributed by atoms with Crippen molar-refractivity contribution < 1.29 is 19.6 Å². The normalized spacial score (nSPS) is 15.7. The molecule has 0 saturated carbocycles. The molecule has 1 saturated heterocycles. The Balaban J connectivity index is 1.99. The van der Waals surface area contributed by atoms with Crippen LogP contribution < -0.4 is 10.2 Å². The largest absolute Gasteiger partial charge is 0.502 e. The standard InChI is InChI=1S/C16H11N3O5/c20-14-10(5-4-8-13(14)19(23)24)9-12-15(21)18(16(22)17-12)11-6-2-1-3-7-11/h1-9,20H,(H,17,22)/b12-9+. The number of para-hydroxylation sites is 2. The Morgan fingerprint density at radius 2 is 1.79 bits per heavy atom. The van der Waals surface area contributed by atoms with E-state index in [-0.39, 0.29) is 11.3 Å². The number of nitro groups is 1. The van der Waals surface area contributed by atoms with E-state index < -0.39 is 28.3 Å². The predicted octanol–water partition coefficient (Wildman–Crippen LogP) is 2.40. The van der Waals surface area contributed by atoms with Gasteiger partial charge in [0.25, 0.3) is 5.91 Å². The SMILES string of the molecule is O=C1N/C(=C/c2cccc([N+](=O)[O-])c2O)C(=O)N1c1ccccc1. The lowest BCUT2D eigenvalue weighted by Gasteiger charge is -2.10. The van der Waals surface area contributed by atoms with E-state index in [1.807, 2.05) is 0 Å². The van der Waals surface area contributed by atoms with E-state index in [9.17, 15) is 24.8 Å². The van der Waals surface area contributed by atoms with E-state index in [1.165, 1.54) is 18.2 Å². The van der Waals surface area contributed by atoms with Gasteiger partial charge in [0.15, 0.2) is 0 Å². The van der Waals surface area contributed by atoms with Crippen molar-refractivity contribution in [3.63, 3.8) is 0 Å². The van der Waals surface area contributed by atoms with Gasteiger partial charge in [0.2, 0.25) is 5.75 Å². The van der Waals surface area contributed by atoms with Crippen molar-refractivity contribution in [1.29, 1.82) is 0 Å². The van der Waals surface area contributed by atoms with E-state index in [1.54, 1.807) is 30.3 Å². The molecule has 1 aliphatic rings. The third-order valence-electron chi connectivity index (χ3n) is 3.44. The highest BCUT2D eigenvalue weighted by Crippen LogP contribution is 2.31. The van der Waals surface area contributed by atoms with Crippen LogP contribution >= 0.6 is 0 Å². The maximum absolute atomic E-state index is 12.4. The zero-order valence-electron chi connectivity index (χ0n) is 12.2. The molecular formula is C16H11N3O5. The van der Waals surface area contributed by atoms with Crippen molar-refractivity contribution in [1.82, 2.24) is 5.32 Å². The first-order valence-electron chi connectivity index (χ1n) is 6.87. The van der Waals surface area contributed by atoms with Gasteiger partial charge < -0.3 is 10.4 Å². The average molecular weight is 325 g/mol. The van der Waals surface area contributed by atoms with Crippen molar-refractivity contribution in [2.24, 2.45) is 0 Å². The van der Waals surface area contributed by atoms with Crippen LogP contribution in [0.5, 0.6) is 5.75 Å². The number of benzene rings is 2. The van der Waals surface area contributed by atoms with Crippen molar-refractivity contribution in [2.75, 3.05) is 4.90 Å². The third kappa shape index (κ3) is 2.56. The lowest BCUT2D eigenvalue weighted by atomic mass is 10.1. The van der Waals surface area contributed by atoms with Gasteiger partial charge in [0.05, 0.1) is 10.6 Å². The fourth-order valence-electron chi connectivity index (χ4n) is 2.31. The molecule has 0 atom stereocenters. The molecule has 0 spiro atoms. The summed E-state index contributed by atoms with van der Waals surface area (Å²) < 4.78 is 0. The fraction of sp³-hybridized carbons (Fsp3) is 0. The number of nitro benzene ring substituents is 1. The van der Waals surface area contributed by atoms with E-state index in [4.69, 9.17) is 0 Å². The minimum Gasteiger partial charge on any atom is -0.502 e. The number of nitrogens with one attached hydrogen (secondary N) is 1. The molecule has 1 fully saturated rings. The number of imide groups is 1. The number of aromatic hydroxyl groups is 1. The van der Waals surface area contributed by atoms with Crippen LogP contribution in [0.4, 0.5) is 16.2 Å². The molecule has 120 valence electrons. The molecule has 3 rings (SSSR count). The summed E-state index contributed by atoms with van der Waals surface area (Å²) in [5.41, 5.74) is -0.116. The van der Waals surface area contributed by atoms with Crippen LogP contribution in [0.2, 0.25) is 0 Å². The molecule has 1 aliphatic heterocycles. The molecule has 0 radical (unpaired) electrons. The quantitative estimate of drug-likeness (QED) is 0.389. The van der Waals surface area contributed by atoms with E-state index in [0.717, 1.165) is 11.0 Å². The van der Waals surface area contributed by atoms with Gasteiger partial charge >= 0.3 is 11.7 Å². The molecule has 0 bridgehead atoms. The highest BCUT2D eigenvalue weighted by Gasteiger charge is 2.35. The number of hydrogen-bond donors (Lipinski definition) is 2. The number of nitrogens with zero attached hydrogens (tertiary/aromatic N) is 2. The van der Waals surface area contributed by atoms with E-state index >= 15 is 0 Å². The summed E-state index contributed by atoms with van der Waals surface area (Å²) in [5.74, 6) is -1.19. The molecule has 2 N–H and O–H groups in total. The number of carbonyl (C=O) groups is 2. The van der Waals surface area contributed by atoms with Gasteiger partial charge in [-0.3, -0.25) is 14.9 Å². The summed E-state index contributed by atoms with van der Waals surface area (Å²) in [4.78, 5) is 35.5. The Bertz CT molecular complexity index is 877. The van der Waals surface area contributed by atoms with Gasteiger partial charge in [-0.05, 0) is 18.2 Å². The predicted molar refractivity (Wildman–Crippen MR) is 85.2 cm³/mol. The van der Waals surface area contributed by atoms with E-state index in [0.29, 0.717) is 5.69 Å². The van der Waals surface area contributed by atoms with Gasteiger partial charge in [-0.15, -0.1) is 0 Å². The third-order valence-corrected chi connectivity index (χ3v) is 3.44. The summed E-state index contributed by atoms with van der Waals surface area (Å²) >= 11 is 0. The molecule has 0 unspecified atom stereocenters. The Morgan fingerprint density at radius 1 is 1.08 bits per heavy atom. The van der Waals surface area contributed by atoms with Crippen LogP contribution in [-0.2, 0) is 4.79 Å². The Morgan fingerprint density at radius 3 is 2.46 bits per heavy atom. The molecule has 8 heteroatoms. The smallest absolute Gasteiger partial charge is 0.333 e. The maximum Gasteiger partial charge on any atom is 0.333 e. The summed E-state index contributed by atoms with van der Waals surface area (Å²) in [6.45, 7) is 0. The molecule has 24 heavy (non-hydrogen) atoms. The van der Waals surface area contributed by atoms with Gasteiger partial charge in [-0.25, -0.2) is 9.69 Å². The van der Waals surface area contributed by atoms with Crippen molar-refractivity contribution in [3.05, 3.63) is 69.9 Å². The molecule has 0 aliphatic carbocycles. The molecule has 3 amide bonds. The number of amides is 3. The first-order chi connectivity index (χ1) is 11.5. The first kappa shape index (κ1) is 15.2. The maximum atomic E-state index is 12.4. The molecule has 0 aromatic heterocycles. The molecule has 1 heterocycles. The van der Waals surface area contributed by atoms with E-state index in [2.05, 4.69) is 5.32 Å². The molecule has 2 aromatic carbocycles. The Hall–Kier alpha value is -3.68. The van der Waals surface area contributed by atoms with Gasteiger partial charge in [-0.2, -0.15) is 0 Å². The van der Waals surface area contributed by atoms with Crippen LogP contribution in [0, 0.1) is 10.1 Å². The van der Waals surface area contributed by atoms with Gasteiger partial charge in [-0.1, -0.05) is 30.3 Å².